The molecule has 0 atom stereocenters. The van der Waals surface area contributed by atoms with Crippen molar-refractivity contribution in [3.05, 3.63) is 41.0 Å². The Balaban J connectivity index is 2.23. The van der Waals surface area contributed by atoms with Gasteiger partial charge in [0.1, 0.15) is 5.82 Å². The quantitative estimate of drug-likeness (QED) is 0.800. The smallest absolute Gasteiger partial charge is 0.258 e. The van der Waals surface area contributed by atoms with E-state index >= 15 is 0 Å². The molecule has 2 rings (SSSR count). The highest BCUT2D eigenvalue weighted by atomic mass is 35.5. The van der Waals surface area contributed by atoms with Gasteiger partial charge in [0, 0.05) is 23.8 Å². The lowest BCUT2D eigenvalue weighted by Crippen LogP contribution is -2.16. The molecule has 3 N–H and O–H groups in total. The van der Waals surface area contributed by atoms with Gasteiger partial charge in [-0.15, -0.1) is 0 Å². The molecule has 1 aromatic heterocycles. The normalized spacial score (nSPS) is 10.2. The molecule has 1 heterocycles. The summed E-state index contributed by atoms with van der Waals surface area (Å²) >= 11 is 5.76. The summed E-state index contributed by atoms with van der Waals surface area (Å²) in [5.41, 5.74) is 6.45. The summed E-state index contributed by atoms with van der Waals surface area (Å²) in [5, 5.41) is 7.15. The lowest BCUT2D eigenvalue weighted by atomic mass is 10.1. The number of nitrogens with two attached hydrogens (primary N) is 1. The van der Waals surface area contributed by atoms with E-state index in [0.717, 1.165) is 0 Å². The van der Waals surface area contributed by atoms with Gasteiger partial charge in [0.05, 0.1) is 11.8 Å². The van der Waals surface area contributed by atoms with Gasteiger partial charge < -0.3 is 11.1 Å². The summed E-state index contributed by atoms with van der Waals surface area (Å²) in [4.78, 5) is 11.9. The van der Waals surface area contributed by atoms with Crippen LogP contribution < -0.4 is 11.1 Å². The van der Waals surface area contributed by atoms with E-state index in [1.54, 1.807) is 42.2 Å². The average molecular weight is 251 g/mol. The number of aromatic nitrogens is 2. The van der Waals surface area contributed by atoms with E-state index in [-0.39, 0.29) is 5.91 Å². The average Bonchev–Trinajstić information content (AvgIpc) is 2.64. The highest BCUT2D eigenvalue weighted by Gasteiger charge is 2.11. The highest BCUT2D eigenvalue weighted by molar-refractivity contribution is 6.31. The van der Waals surface area contributed by atoms with Crippen molar-refractivity contribution in [3.8, 4) is 0 Å². The largest absolute Gasteiger partial charge is 0.398 e. The van der Waals surface area contributed by atoms with E-state index in [1.165, 1.54) is 0 Å². The second-order valence-corrected chi connectivity index (χ2v) is 3.96. The number of nitrogens with zero attached hydrogens (tertiary/aromatic N) is 2. The Hall–Kier alpha value is -2.01. The van der Waals surface area contributed by atoms with Gasteiger partial charge in [0.25, 0.3) is 5.91 Å². The monoisotopic (exact) mass is 250 g/mol. The molecule has 1 amide bonds. The van der Waals surface area contributed by atoms with Gasteiger partial charge in [-0.1, -0.05) is 11.6 Å². The number of carbonyl (C=O) groups excluding carboxylic acids is 1. The van der Waals surface area contributed by atoms with Crippen molar-refractivity contribution in [2.75, 3.05) is 11.1 Å². The molecule has 0 aliphatic rings. The van der Waals surface area contributed by atoms with Crippen molar-refractivity contribution in [2.24, 2.45) is 7.05 Å². The maximum atomic E-state index is 11.9. The van der Waals surface area contributed by atoms with E-state index in [2.05, 4.69) is 10.4 Å². The number of halogens is 1. The fraction of sp³-hybridized carbons (Fsp3) is 0.0909. The third-order valence-corrected chi connectivity index (χ3v) is 2.56. The summed E-state index contributed by atoms with van der Waals surface area (Å²) in [6.45, 7) is 0. The third kappa shape index (κ3) is 2.39. The molecular formula is C11H11ClN4O. The molecule has 17 heavy (non-hydrogen) atoms. The van der Waals surface area contributed by atoms with Crippen molar-refractivity contribution in [2.45, 2.75) is 0 Å². The van der Waals surface area contributed by atoms with Crippen LogP contribution in [0.1, 0.15) is 10.4 Å². The van der Waals surface area contributed by atoms with Crippen molar-refractivity contribution >= 4 is 29.0 Å². The number of nitrogen functional groups attached to an aromatic ring is 1. The van der Waals surface area contributed by atoms with Crippen LogP contribution in [0, 0.1) is 0 Å². The zero-order valence-electron chi connectivity index (χ0n) is 9.14. The van der Waals surface area contributed by atoms with Gasteiger partial charge in [-0.2, -0.15) is 5.10 Å². The van der Waals surface area contributed by atoms with E-state index in [4.69, 9.17) is 17.3 Å². The number of hydrogen-bond acceptors (Lipinski definition) is 3. The minimum absolute atomic E-state index is 0.289. The van der Waals surface area contributed by atoms with Gasteiger partial charge in [0.2, 0.25) is 0 Å². The molecule has 0 radical (unpaired) electrons. The van der Waals surface area contributed by atoms with Gasteiger partial charge in [0.15, 0.2) is 0 Å². The molecule has 0 fully saturated rings. The van der Waals surface area contributed by atoms with Gasteiger partial charge in [-0.25, -0.2) is 0 Å². The standard InChI is InChI=1S/C11H11ClN4O/c1-16-10(4-5-14-16)15-11(17)8-3-2-7(12)6-9(8)13/h2-6H,13H2,1H3,(H,15,17). The Labute approximate surface area is 103 Å². The number of anilines is 2. The second kappa shape index (κ2) is 4.47. The number of amides is 1. The Morgan fingerprint density at radius 3 is 2.82 bits per heavy atom. The molecule has 88 valence electrons. The van der Waals surface area contributed by atoms with E-state index in [9.17, 15) is 4.79 Å². The highest BCUT2D eigenvalue weighted by Crippen LogP contribution is 2.19. The minimum Gasteiger partial charge on any atom is -0.398 e. The molecule has 0 bridgehead atoms. The third-order valence-electron chi connectivity index (χ3n) is 2.32. The molecule has 1 aromatic carbocycles. The molecule has 0 aliphatic carbocycles. The second-order valence-electron chi connectivity index (χ2n) is 3.53. The zero-order chi connectivity index (χ0) is 12.4. The topological polar surface area (TPSA) is 72.9 Å². The maximum Gasteiger partial charge on any atom is 0.258 e. The van der Waals surface area contributed by atoms with Crippen LogP contribution >= 0.6 is 11.6 Å². The Morgan fingerprint density at radius 1 is 1.47 bits per heavy atom. The van der Waals surface area contributed by atoms with E-state index in [0.29, 0.717) is 22.1 Å². The van der Waals surface area contributed by atoms with Crippen molar-refractivity contribution in [3.63, 3.8) is 0 Å². The predicted molar refractivity (Wildman–Crippen MR) is 67.0 cm³/mol. The van der Waals surface area contributed by atoms with Crippen LogP contribution in [-0.2, 0) is 7.05 Å². The van der Waals surface area contributed by atoms with Gasteiger partial charge in [-0.05, 0) is 18.2 Å². The summed E-state index contributed by atoms with van der Waals surface area (Å²) in [6, 6.07) is 6.45. The molecule has 5 nitrogen and oxygen atoms in total. The van der Waals surface area contributed by atoms with Crippen LogP contribution in [0.5, 0.6) is 0 Å². The zero-order valence-corrected chi connectivity index (χ0v) is 9.90. The minimum atomic E-state index is -0.289. The number of nitrogens with one attached hydrogen (secondary N) is 1. The van der Waals surface area contributed by atoms with Crippen molar-refractivity contribution < 1.29 is 4.79 Å². The Morgan fingerprint density at radius 2 is 2.24 bits per heavy atom. The summed E-state index contributed by atoms with van der Waals surface area (Å²) in [7, 11) is 1.74. The number of rotatable bonds is 2. The fourth-order valence-corrected chi connectivity index (χ4v) is 1.60. The Kier molecular flexibility index (Phi) is 3.01. The van der Waals surface area contributed by atoms with Gasteiger partial charge in [-0.3, -0.25) is 9.48 Å². The molecule has 2 aromatic rings. The summed E-state index contributed by atoms with van der Waals surface area (Å²) in [6.07, 6.45) is 1.60. The summed E-state index contributed by atoms with van der Waals surface area (Å²) < 4.78 is 1.56. The maximum absolute atomic E-state index is 11.9. The first-order valence-corrected chi connectivity index (χ1v) is 5.30. The number of carbonyl (C=O) groups is 1. The molecule has 0 unspecified atom stereocenters. The van der Waals surface area contributed by atoms with Crippen LogP contribution in [0.4, 0.5) is 11.5 Å². The molecule has 0 aliphatic heterocycles. The fourth-order valence-electron chi connectivity index (χ4n) is 1.42. The molecular weight excluding hydrogens is 240 g/mol. The SMILES string of the molecule is Cn1nccc1NC(=O)c1ccc(Cl)cc1N. The first kappa shape index (κ1) is 11.5. The number of aryl methyl sites for hydroxylation is 1. The van der Waals surface area contributed by atoms with Crippen molar-refractivity contribution in [1.82, 2.24) is 9.78 Å². The molecule has 0 spiro atoms. The molecule has 0 saturated heterocycles. The molecule has 6 heteroatoms. The van der Waals surface area contributed by atoms with Crippen LogP contribution in [0.15, 0.2) is 30.5 Å². The van der Waals surface area contributed by atoms with Crippen LogP contribution in [0.3, 0.4) is 0 Å². The lowest BCUT2D eigenvalue weighted by molar-refractivity contribution is 0.102. The molecule has 0 saturated carbocycles. The first-order chi connectivity index (χ1) is 8.08. The summed E-state index contributed by atoms with van der Waals surface area (Å²) in [5.74, 6) is 0.312. The van der Waals surface area contributed by atoms with Crippen LogP contribution in [0.2, 0.25) is 5.02 Å². The predicted octanol–water partition coefficient (Wildman–Crippen LogP) is 1.91. The van der Waals surface area contributed by atoms with E-state index in [1.807, 2.05) is 0 Å². The number of hydrogen-bond donors (Lipinski definition) is 2. The van der Waals surface area contributed by atoms with Crippen LogP contribution in [0.25, 0.3) is 0 Å². The lowest BCUT2D eigenvalue weighted by Gasteiger charge is -2.07. The number of benzene rings is 1. The first-order valence-electron chi connectivity index (χ1n) is 4.92. The van der Waals surface area contributed by atoms with E-state index < -0.39 is 0 Å². The van der Waals surface area contributed by atoms with Crippen molar-refractivity contribution in [1.29, 1.82) is 0 Å². The van der Waals surface area contributed by atoms with Gasteiger partial charge >= 0.3 is 0 Å². The van der Waals surface area contributed by atoms with Crippen LogP contribution in [-0.4, -0.2) is 15.7 Å². The Bertz CT molecular complexity index is 564.